The second-order valence-corrected chi connectivity index (χ2v) is 4.31. The smallest absolute Gasteiger partial charge is 0.0812 e. The number of nitriles is 1. The molecule has 0 atom stereocenters. The maximum absolute atomic E-state index is 8.98. The molecule has 0 spiro atoms. The van der Waals surface area contributed by atoms with Gasteiger partial charge in [0.2, 0.25) is 0 Å². The van der Waals surface area contributed by atoms with Gasteiger partial charge in [-0.1, -0.05) is 20.3 Å². The van der Waals surface area contributed by atoms with Gasteiger partial charge < -0.3 is 4.74 Å². The molecular weight excluding hydrogens is 162 g/mol. The summed E-state index contributed by atoms with van der Waals surface area (Å²) in [6.45, 7) is 5.80. The van der Waals surface area contributed by atoms with E-state index in [1.165, 1.54) is 0 Å². The van der Waals surface area contributed by atoms with Crippen molar-refractivity contribution in [3.8, 4) is 6.07 Å². The summed E-state index contributed by atoms with van der Waals surface area (Å²) in [4.78, 5) is 0. The molecular formula is C11H19NO. The number of hydrogen-bond acceptors (Lipinski definition) is 2. The summed E-state index contributed by atoms with van der Waals surface area (Å²) in [6.07, 6.45) is 4.32. The van der Waals surface area contributed by atoms with Crippen LogP contribution in [0, 0.1) is 22.7 Å². The fraction of sp³-hybridized carbons (Fsp3) is 0.909. The van der Waals surface area contributed by atoms with Crippen molar-refractivity contribution in [2.45, 2.75) is 39.5 Å². The van der Waals surface area contributed by atoms with Gasteiger partial charge in [0.25, 0.3) is 0 Å². The zero-order chi connectivity index (χ0) is 9.73. The third-order valence-electron chi connectivity index (χ3n) is 2.74. The summed E-state index contributed by atoms with van der Waals surface area (Å²) in [5, 5.41) is 8.98. The Balaban J connectivity index is 2.16. The first kappa shape index (κ1) is 10.5. The highest BCUT2D eigenvalue weighted by Gasteiger charge is 2.42. The standard InChI is InChI=1S/C11H19NO/c1-3-4-5-13-9-11(8-12)6-10(2)7-11/h10H,3-7,9H2,1-2H3. The van der Waals surface area contributed by atoms with Crippen LogP contribution in [-0.4, -0.2) is 13.2 Å². The first-order chi connectivity index (χ1) is 6.22. The highest BCUT2D eigenvalue weighted by atomic mass is 16.5. The number of nitrogens with zero attached hydrogens (tertiary/aromatic N) is 1. The van der Waals surface area contributed by atoms with Gasteiger partial charge in [-0.05, 0) is 25.2 Å². The lowest BCUT2D eigenvalue weighted by molar-refractivity contribution is 0.00305. The molecule has 1 aliphatic rings. The first-order valence-electron chi connectivity index (χ1n) is 5.21. The largest absolute Gasteiger partial charge is 0.380 e. The van der Waals surface area contributed by atoms with E-state index in [4.69, 9.17) is 10.00 Å². The fourth-order valence-electron chi connectivity index (χ4n) is 2.03. The van der Waals surface area contributed by atoms with Crippen molar-refractivity contribution in [2.75, 3.05) is 13.2 Å². The first-order valence-corrected chi connectivity index (χ1v) is 5.21. The van der Waals surface area contributed by atoms with Crippen LogP contribution in [0.3, 0.4) is 0 Å². The van der Waals surface area contributed by atoms with Crippen molar-refractivity contribution in [3.63, 3.8) is 0 Å². The minimum Gasteiger partial charge on any atom is -0.380 e. The Morgan fingerprint density at radius 3 is 2.69 bits per heavy atom. The normalized spacial score (nSPS) is 32.2. The summed E-state index contributed by atoms with van der Waals surface area (Å²) in [6, 6.07) is 2.40. The molecule has 1 aliphatic carbocycles. The molecule has 13 heavy (non-hydrogen) atoms. The van der Waals surface area contributed by atoms with Gasteiger partial charge in [0.15, 0.2) is 0 Å². The van der Waals surface area contributed by atoms with Gasteiger partial charge >= 0.3 is 0 Å². The van der Waals surface area contributed by atoms with Gasteiger partial charge in [0.1, 0.15) is 0 Å². The van der Waals surface area contributed by atoms with E-state index in [1.54, 1.807) is 0 Å². The molecule has 2 heteroatoms. The molecule has 0 bridgehead atoms. The minimum atomic E-state index is -0.132. The van der Waals surface area contributed by atoms with Crippen LogP contribution in [-0.2, 0) is 4.74 Å². The van der Waals surface area contributed by atoms with Crippen LogP contribution in [0.5, 0.6) is 0 Å². The van der Waals surface area contributed by atoms with Gasteiger partial charge in [0, 0.05) is 6.61 Å². The molecule has 74 valence electrons. The molecule has 1 rings (SSSR count). The van der Waals surface area contributed by atoms with Crippen LogP contribution in [0.15, 0.2) is 0 Å². The third-order valence-corrected chi connectivity index (χ3v) is 2.74. The molecule has 0 aromatic carbocycles. The Morgan fingerprint density at radius 2 is 2.23 bits per heavy atom. The lowest BCUT2D eigenvalue weighted by Crippen LogP contribution is -2.38. The van der Waals surface area contributed by atoms with Crippen LogP contribution in [0.2, 0.25) is 0 Å². The molecule has 0 unspecified atom stereocenters. The van der Waals surface area contributed by atoms with E-state index in [-0.39, 0.29) is 5.41 Å². The number of hydrogen-bond donors (Lipinski definition) is 0. The lowest BCUT2D eigenvalue weighted by Gasteiger charge is -2.40. The summed E-state index contributed by atoms with van der Waals surface area (Å²) >= 11 is 0. The van der Waals surface area contributed by atoms with E-state index in [0.717, 1.165) is 38.2 Å². The predicted octanol–water partition coefficient (Wildman–Crippen LogP) is 2.74. The molecule has 0 heterocycles. The average molecular weight is 181 g/mol. The third kappa shape index (κ3) is 2.70. The highest BCUT2D eigenvalue weighted by molar-refractivity contribution is 5.07. The van der Waals surface area contributed by atoms with Crippen molar-refractivity contribution < 1.29 is 4.74 Å². The van der Waals surface area contributed by atoms with Crippen molar-refractivity contribution >= 4 is 0 Å². The molecule has 0 radical (unpaired) electrons. The summed E-state index contributed by atoms with van der Waals surface area (Å²) < 4.78 is 5.50. The average Bonchev–Trinajstić information content (AvgIpc) is 2.08. The molecule has 0 N–H and O–H groups in total. The van der Waals surface area contributed by atoms with Gasteiger partial charge in [0.05, 0.1) is 18.1 Å². The molecule has 1 saturated carbocycles. The van der Waals surface area contributed by atoms with E-state index < -0.39 is 0 Å². The van der Waals surface area contributed by atoms with Crippen LogP contribution in [0.1, 0.15) is 39.5 Å². The Bertz CT molecular complexity index is 189. The Morgan fingerprint density at radius 1 is 1.54 bits per heavy atom. The zero-order valence-corrected chi connectivity index (χ0v) is 8.68. The second kappa shape index (κ2) is 4.62. The monoisotopic (exact) mass is 181 g/mol. The van der Waals surface area contributed by atoms with Crippen LogP contribution >= 0.6 is 0 Å². The Hall–Kier alpha value is -0.550. The number of rotatable bonds is 5. The van der Waals surface area contributed by atoms with Gasteiger partial charge in [-0.25, -0.2) is 0 Å². The van der Waals surface area contributed by atoms with Crippen molar-refractivity contribution in [1.29, 1.82) is 5.26 Å². The van der Waals surface area contributed by atoms with Crippen molar-refractivity contribution in [2.24, 2.45) is 11.3 Å². The van der Waals surface area contributed by atoms with Gasteiger partial charge in [-0.15, -0.1) is 0 Å². The van der Waals surface area contributed by atoms with E-state index >= 15 is 0 Å². The van der Waals surface area contributed by atoms with Crippen molar-refractivity contribution in [3.05, 3.63) is 0 Å². The molecule has 1 fully saturated rings. The van der Waals surface area contributed by atoms with E-state index in [2.05, 4.69) is 19.9 Å². The van der Waals surface area contributed by atoms with Crippen LogP contribution in [0.25, 0.3) is 0 Å². The Kier molecular flexibility index (Phi) is 3.74. The van der Waals surface area contributed by atoms with E-state index in [1.807, 2.05) is 0 Å². The molecule has 2 nitrogen and oxygen atoms in total. The van der Waals surface area contributed by atoms with Gasteiger partial charge in [-0.2, -0.15) is 5.26 Å². The number of unbranched alkanes of at least 4 members (excludes halogenated alkanes) is 1. The molecule has 0 aliphatic heterocycles. The van der Waals surface area contributed by atoms with Crippen molar-refractivity contribution in [1.82, 2.24) is 0 Å². The van der Waals surface area contributed by atoms with Gasteiger partial charge in [-0.3, -0.25) is 0 Å². The maximum Gasteiger partial charge on any atom is 0.0812 e. The minimum absolute atomic E-state index is 0.132. The second-order valence-electron chi connectivity index (χ2n) is 4.31. The van der Waals surface area contributed by atoms with Crippen LogP contribution < -0.4 is 0 Å². The summed E-state index contributed by atoms with van der Waals surface area (Å²) in [5.74, 6) is 0.717. The van der Waals surface area contributed by atoms with E-state index in [0.29, 0.717) is 6.61 Å². The highest BCUT2D eigenvalue weighted by Crippen LogP contribution is 2.44. The maximum atomic E-state index is 8.98. The topological polar surface area (TPSA) is 33.0 Å². The summed E-state index contributed by atoms with van der Waals surface area (Å²) in [5.41, 5.74) is -0.132. The molecule has 0 aromatic rings. The van der Waals surface area contributed by atoms with Crippen LogP contribution in [0.4, 0.5) is 0 Å². The quantitative estimate of drug-likeness (QED) is 0.611. The lowest BCUT2D eigenvalue weighted by atomic mass is 9.64. The zero-order valence-electron chi connectivity index (χ0n) is 8.68. The SMILES string of the molecule is CCCCOCC1(C#N)CC(C)C1. The Labute approximate surface area is 80.9 Å². The molecule has 0 amide bonds. The predicted molar refractivity (Wildman–Crippen MR) is 52.2 cm³/mol. The molecule has 0 aromatic heterocycles. The van der Waals surface area contributed by atoms with E-state index in [9.17, 15) is 0 Å². The fourth-order valence-corrected chi connectivity index (χ4v) is 2.03. The number of ether oxygens (including phenoxy) is 1. The molecule has 0 saturated heterocycles. The summed E-state index contributed by atoms with van der Waals surface area (Å²) in [7, 11) is 0.